The maximum absolute atomic E-state index is 5.20. The van der Waals surface area contributed by atoms with Crippen molar-refractivity contribution < 1.29 is 0 Å². The van der Waals surface area contributed by atoms with Crippen molar-refractivity contribution in [3.63, 3.8) is 0 Å². The monoisotopic (exact) mass is 969 g/mol. The number of benzene rings is 11. The standard InChI is InChI=1S/C69H43N7/c1-6-20-44(21-7-1)67-70-68(45-22-8-2-9-23-45)72-69(71-67)46-34-38-59-55(42-46)53-37-41-61-63(54-31-17-19-33-58(54)73(61)47-24-10-3-11-25-47)66(53)76(59)50-35-39-60-56(43-50)64-62(74(60)48-26-12-4-13-27-48)40-36-52-51-30-16-18-32-57(51)75(65(52)64)49-28-14-5-15-29-49/h1-43H. The Balaban J connectivity index is 1.03. The molecule has 0 bridgehead atoms. The molecule has 0 aliphatic heterocycles. The van der Waals surface area contributed by atoms with E-state index in [1.54, 1.807) is 0 Å². The molecular formula is C69H43N7. The van der Waals surface area contributed by atoms with Crippen LogP contribution in [0.25, 0.3) is 144 Å². The van der Waals surface area contributed by atoms with Gasteiger partial charge < -0.3 is 18.3 Å². The van der Waals surface area contributed by atoms with E-state index in [1.807, 2.05) is 36.4 Å². The number of hydrogen-bond donors (Lipinski definition) is 0. The molecule has 76 heavy (non-hydrogen) atoms. The molecule has 0 saturated heterocycles. The first-order valence-electron chi connectivity index (χ1n) is 25.8. The molecule has 0 saturated carbocycles. The Hall–Kier alpha value is -10.4. The van der Waals surface area contributed by atoms with Crippen LogP contribution in [0.15, 0.2) is 261 Å². The molecule has 0 radical (unpaired) electrons. The van der Waals surface area contributed by atoms with Gasteiger partial charge in [0.1, 0.15) is 0 Å². The minimum atomic E-state index is 0.616. The summed E-state index contributed by atoms with van der Waals surface area (Å²) in [5.41, 5.74) is 16.3. The number of hydrogen-bond acceptors (Lipinski definition) is 3. The van der Waals surface area contributed by atoms with Crippen molar-refractivity contribution in [3.05, 3.63) is 261 Å². The SMILES string of the molecule is c1ccc(-c2nc(-c3ccccc3)nc(-c3ccc4c(c3)c3ccc5c(c6ccccc6n5-c5ccccc5)c3n4-c3ccc4c(c3)c3c(ccc5c6ccccc6n(-c6ccccc6)c53)n4-c3ccccc3)n2)cc1. The van der Waals surface area contributed by atoms with Gasteiger partial charge in [-0.25, -0.2) is 15.0 Å². The van der Waals surface area contributed by atoms with Crippen LogP contribution in [-0.2, 0) is 0 Å². The summed E-state index contributed by atoms with van der Waals surface area (Å²) in [6.07, 6.45) is 0. The second-order valence-electron chi connectivity index (χ2n) is 19.6. The smallest absolute Gasteiger partial charge is 0.164 e. The van der Waals surface area contributed by atoms with E-state index in [-0.39, 0.29) is 0 Å². The van der Waals surface area contributed by atoms with Crippen molar-refractivity contribution in [3.8, 4) is 56.9 Å². The molecule has 11 aromatic carbocycles. The van der Waals surface area contributed by atoms with Crippen molar-refractivity contribution >= 4 is 87.2 Å². The molecule has 16 aromatic rings. The highest BCUT2D eigenvalue weighted by Crippen LogP contribution is 2.46. The van der Waals surface area contributed by atoms with Gasteiger partial charge in [0.05, 0.1) is 44.1 Å². The average Bonchev–Trinajstić information content (AvgIpc) is 4.31. The Bertz CT molecular complexity index is 4900. The molecule has 0 unspecified atom stereocenters. The second-order valence-corrected chi connectivity index (χ2v) is 19.6. The summed E-state index contributed by atoms with van der Waals surface area (Å²) in [5, 5.41) is 9.42. The number of fused-ring (bicyclic) bond motifs is 14. The van der Waals surface area contributed by atoms with Crippen molar-refractivity contribution in [1.29, 1.82) is 0 Å². The van der Waals surface area contributed by atoms with Gasteiger partial charge in [0, 0.05) is 82.5 Å². The third-order valence-corrected chi connectivity index (χ3v) is 15.4. The van der Waals surface area contributed by atoms with Gasteiger partial charge in [-0.05, 0) is 97.1 Å². The van der Waals surface area contributed by atoms with Crippen LogP contribution in [0.1, 0.15) is 0 Å². The molecule has 7 nitrogen and oxygen atoms in total. The third-order valence-electron chi connectivity index (χ3n) is 15.4. The van der Waals surface area contributed by atoms with Crippen molar-refractivity contribution in [2.75, 3.05) is 0 Å². The van der Waals surface area contributed by atoms with Crippen LogP contribution in [-0.4, -0.2) is 33.2 Å². The van der Waals surface area contributed by atoms with Crippen molar-refractivity contribution in [2.24, 2.45) is 0 Å². The lowest BCUT2D eigenvalue weighted by Gasteiger charge is -2.12. The largest absolute Gasteiger partial charge is 0.309 e. The molecule has 354 valence electrons. The summed E-state index contributed by atoms with van der Waals surface area (Å²) in [7, 11) is 0. The molecule has 16 rings (SSSR count). The Morgan fingerprint density at radius 1 is 0.211 bits per heavy atom. The summed E-state index contributed by atoms with van der Waals surface area (Å²) < 4.78 is 9.82. The number of aromatic nitrogens is 7. The van der Waals surface area contributed by atoms with Crippen LogP contribution < -0.4 is 0 Å². The van der Waals surface area contributed by atoms with Crippen LogP contribution >= 0.6 is 0 Å². The van der Waals surface area contributed by atoms with E-state index in [1.165, 1.54) is 43.4 Å². The molecule has 0 fully saturated rings. The predicted octanol–water partition coefficient (Wildman–Crippen LogP) is 17.3. The molecule has 0 aliphatic rings. The van der Waals surface area contributed by atoms with E-state index in [9.17, 15) is 0 Å². The summed E-state index contributed by atoms with van der Waals surface area (Å²) >= 11 is 0. The predicted molar refractivity (Wildman–Crippen MR) is 313 cm³/mol. The zero-order chi connectivity index (χ0) is 49.8. The fourth-order valence-electron chi connectivity index (χ4n) is 12.1. The molecule has 5 aromatic heterocycles. The minimum Gasteiger partial charge on any atom is -0.309 e. The highest BCUT2D eigenvalue weighted by Gasteiger charge is 2.25. The van der Waals surface area contributed by atoms with Gasteiger partial charge in [-0.2, -0.15) is 0 Å². The Morgan fingerprint density at radius 2 is 0.592 bits per heavy atom. The summed E-state index contributed by atoms with van der Waals surface area (Å²) in [6.45, 7) is 0. The van der Waals surface area contributed by atoms with Crippen molar-refractivity contribution in [1.82, 2.24) is 33.2 Å². The molecule has 0 aliphatic carbocycles. The van der Waals surface area contributed by atoms with Gasteiger partial charge in [0.2, 0.25) is 0 Å². The Morgan fingerprint density at radius 3 is 1.16 bits per heavy atom. The number of nitrogens with zero attached hydrogens (tertiary/aromatic N) is 7. The highest BCUT2D eigenvalue weighted by atomic mass is 15.1. The van der Waals surface area contributed by atoms with Gasteiger partial charge in [-0.3, -0.25) is 0 Å². The third kappa shape index (κ3) is 6.26. The molecule has 0 amide bonds. The van der Waals surface area contributed by atoms with E-state index in [2.05, 4.69) is 243 Å². The first kappa shape index (κ1) is 42.2. The lowest BCUT2D eigenvalue weighted by Crippen LogP contribution is -2.00. The van der Waals surface area contributed by atoms with Gasteiger partial charge >= 0.3 is 0 Å². The highest BCUT2D eigenvalue weighted by molar-refractivity contribution is 6.28. The molecular weight excluding hydrogens is 927 g/mol. The normalized spacial score (nSPS) is 11.9. The van der Waals surface area contributed by atoms with E-state index in [0.717, 1.165) is 83.3 Å². The molecule has 0 N–H and O–H groups in total. The maximum Gasteiger partial charge on any atom is 0.164 e. The first-order valence-corrected chi connectivity index (χ1v) is 25.8. The van der Waals surface area contributed by atoms with Crippen LogP contribution in [0.5, 0.6) is 0 Å². The van der Waals surface area contributed by atoms with E-state index in [0.29, 0.717) is 17.5 Å². The van der Waals surface area contributed by atoms with E-state index in [4.69, 9.17) is 15.0 Å². The summed E-state index contributed by atoms with van der Waals surface area (Å²) in [4.78, 5) is 15.4. The van der Waals surface area contributed by atoms with Crippen molar-refractivity contribution in [2.45, 2.75) is 0 Å². The molecule has 0 spiro atoms. The quantitative estimate of drug-likeness (QED) is 0.160. The fourth-order valence-corrected chi connectivity index (χ4v) is 12.1. The fraction of sp³-hybridized carbons (Fsp3) is 0. The minimum absolute atomic E-state index is 0.616. The van der Waals surface area contributed by atoms with E-state index >= 15 is 0 Å². The van der Waals surface area contributed by atoms with Gasteiger partial charge in [-0.15, -0.1) is 0 Å². The number of rotatable bonds is 7. The lowest BCUT2D eigenvalue weighted by molar-refractivity contribution is 1.07. The topological polar surface area (TPSA) is 58.4 Å². The molecule has 5 heterocycles. The zero-order valence-electron chi connectivity index (χ0n) is 41.0. The maximum atomic E-state index is 5.20. The average molecular weight is 970 g/mol. The Labute approximate surface area is 436 Å². The van der Waals surface area contributed by atoms with Crippen LogP contribution in [0.2, 0.25) is 0 Å². The van der Waals surface area contributed by atoms with Gasteiger partial charge in [0.25, 0.3) is 0 Å². The summed E-state index contributed by atoms with van der Waals surface area (Å²) in [6, 6.07) is 93.4. The van der Waals surface area contributed by atoms with Crippen LogP contribution in [0.3, 0.4) is 0 Å². The molecule has 0 atom stereocenters. The Kier molecular flexibility index (Phi) is 9.20. The molecule has 7 heteroatoms. The van der Waals surface area contributed by atoms with Gasteiger partial charge in [-0.1, -0.05) is 164 Å². The van der Waals surface area contributed by atoms with Crippen LogP contribution in [0.4, 0.5) is 0 Å². The second kappa shape index (κ2) is 16.6. The van der Waals surface area contributed by atoms with E-state index < -0.39 is 0 Å². The summed E-state index contributed by atoms with van der Waals surface area (Å²) in [5.74, 6) is 1.88. The zero-order valence-corrected chi connectivity index (χ0v) is 41.0. The number of para-hydroxylation sites is 5. The van der Waals surface area contributed by atoms with Gasteiger partial charge in [0.15, 0.2) is 17.5 Å². The lowest BCUT2D eigenvalue weighted by atomic mass is 10.1. The first-order chi connectivity index (χ1) is 37.7. The van der Waals surface area contributed by atoms with Crippen LogP contribution in [0, 0.1) is 0 Å².